The average molecular weight is 489 g/mol. The zero-order valence-corrected chi connectivity index (χ0v) is 19.5. The number of hydrogen-bond acceptors (Lipinski definition) is 8. The van der Waals surface area contributed by atoms with Gasteiger partial charge in [0.05, 0.1) is 17.5 Å². The Balaban J connectivity index is 1.93. The van der Waals surface area contributed by atoms with Crippen LogP contribution in [0.15, 0.2) is 23.5 Å². The Labute approximate surface area is 190 Å². The normalized spacial score (nSPS) is 19.7. The van der Waals surface area contributed by atoms with E-state index in [1.165, 1.54) is 17.2 Å². The van der Waals surface area contributed by atoms with Gasteiger partial charge in [0, 0.05) is 25.3 Å². The molecule has 1 atom stereocenters. The number of β-amino-alcohol motifs (C(OH)–C–C–N with tert-alkyl or cyclic N) is 1. The summed E-state index contributed by atoms with van der Waals surface area (Å²) in [7, 11) is -3.80. The minimum atomic E-state index is -4.67. The SMILES string of the molecule is Cc1cc(S(=O)(=O)NC(C)C)ncc1Nc1ncc(C(F)(F)F)c(N2CCC[C@](C)(O)C2)n1. The van der Waals surface area contributed by atoms with E-state index < -0.39 is 27.4 Å². The van der Waals surface area contributed by atoms with E-state index in [0.717, 1.165) is 0 Å². The van der Waals surface area contributed by atoms with E-state index in [1.807, 2.05) is 0 Å². The van der Waals surface area contributed by atoms with Crippen LogP contribution in [0, 0.1) is 6.92 Å². The van der Waals surface area contributed by atoms with Gasteiger partial charge in [-0.1, -0.05) is 0 Å². The summed E-state index contributed by atoms with van der Waals surface area (Å²) in [5, 5.41) is 13.0. The third-order valence-corrected chi connectivity index (χ3v) is 6.60. The van der Waals surface area contributed by atoms with Crippen molar-refractivity contribution in [3.8, 4) is 0 Å². The molecule has 1 aliphatic rings. The number of piperidine rings is 1. The lowest BCUT2D eigenvalue weighted by molar-refractivity contribution is -0.137. The van der Waals surface area contributed by atoms with E-state index in [4.69, 9.17) is 0 Å². The van der Waals surface area contributed by atoms with Crippen molar-refractivity contribution >= 4 is 27.5 Å². The molecule has 3 N–H and O–H groups in total. The number of nitrogens with one attached hydrogen (secondary N) is 2. The summed E-state index contributed by atoms with van der Waals surface area (Å²) < 4.78 is 67.9. The maximum absolute atomic E-state index is 13.6. The second-order valence-electron chi connectivity index (χ2n) is 8.69. The molecule has 0 spiro atoms. The van der Waals surface area contributed by atoms with Gasteiger partial charge in [-0.3, -0.25) is 0 Å². The first kappa shape index (κ1) is 25.1. The predicted octanol–water partition coefficient (Wildman–Crippen LogP) is 2.98. The molecule has 13 heteroatoms. The highest BCUT2D eigenvalue weighted by Crippen LogP contribution is 2.37. The molecule has 9 nitrogen and oxygen atoms in total. The number of aromatic nitrogens is 3. The molecule has 3 heterocycles. The zero-order valence-electron chi connectivity index (χ0n) is 18.7. The fourth-order valence-electron chi connectivity index (χ4n) is 3.57. The minimum Gasteiger partial charge on any atom is -0.388 e. The van der Waals surface area contributed by atoms with Crippen molar-refractivity contribution in [1.29, 1.82) is 0 Å². The molecule has 0 unspecified atom stereocenters. The van der Waals surface area contributed by atoms with Crippen LogP contribution in [-0.2, 0) is 16.2 Å². The van der Waals surface area contributed by atoms with Gasteiger partial charge in [-0.25, -0.2) is 23.1 Å². The average Bonchev–Trinajstić information content (AvgIpc) is 2.67. The fourth-order valence-corrected chi connectivity index (χ4v) is 4.84. The highest BCUT2D eigenvalue weighted by atomic mass is 32.2. The highest BCUT2D eigenvalue weighted by Gasteiger charge is 2.39. The van der Waals surface area contributed by atoms with Crippen molar-refractivity contribution in [3.05, 3.63) is 29.6 Å². The number of halogens is 3. The van der Waals surface area contributed by atoms with Crippen molar-refractivity contribution in [2.45, 2.75) is 63.4 Å². The van der Waals surface area contributed by atoms with Crippen LogP contribution in [0.3, 0.4) is 0 Å². The quantitative estimate of drug-likeness (QED) is 0.568. The molecule has 182 valence electrons. The van der Waals surface area contributed by atoms with Gasteiger partial charge in [0.2, 0.25) is 5.95 Å². The van der Waals surface area contributed by atoms with E-state index in [2.05, 4.69) is 25.0 Å². The molecule has 0 saturated carbocycles. The molecule has 2 aromatic heterocycles. The van der Waals surface area contributed by atoms with Crippen LogP contribution in [0.5, 0.6) is 0 Å². The zero-order chi connectivity index (χ0) is 24.6. The Hall–Kier alpha value is -2.51. The molecule has 0 bridgehead atoms. The molecule has 0 aliphatic carbocycles. The highest BCUT2D eigenvalue weighted by molar-refractivity contribution is 7.89. The topological polar surface area (TPSA) is 120 Å². The first-order valence-corrected chi connectivity index (χ1v) is 11.8. The molecule has 1 saturated heterocycles. The number of alkyl halides is 3. The van der Waals surface area contributed by atoms with Crippen LogP contribution >= 0.6 is 0 Å². The smallest absolute Gasteiger partial charge is 0.388 e. The lowest BCUT2D eigenvalue weighted by atomic mass is 9.95. The van der Waals surface area contributed by atoms with Crippen LogP contribution in [0.4, 0.5) is 30.6 Å². The molecule has 0 amide bonds. The Morgan fingerprint density at radius 3 is 2.52 bits per heavy atom. The second-order valence-corrected chi connectivity index (χ2v) is 10.4. The number of hydrogen-bond donors (Lipinski definition) is 3. The van der Waals surface area contributed by atoms with Crippen molar-refractivity contribution in [2.24, 2.45) is 0 Å². The third kappa shape index (κ3) is 6.09. The Morgan fingerprint density at radius 2 is 1.94 bits per heavy atom. The number of rotatable bonds is 6. The van der Waals surface area contributed by atoms with Crippen LogP contribution in [-0.4, -0.2) is 53.2 Å². The summed E-state index contributed by atoms with van der Waals surface area (Å²) >= 11 is 0. The number of aliphatic hydroxyl groups is 1. The molecule has 1 fully saturated rings. The largest absolute Gasteiger partial charge is 0.421 e. The monoisotopic (exact) mass is 488 g/mol. The van der Waals surface area contributed by atoms with E-state index >= 15 is 0 Å². The van der Waals surface area contributed by atoms with E-state index in [1.54, 1.807) is 27.7 Å². The number of sulfonamides is 1. The number of anilines is 3. The number of pyridine rings is 1. The summed E-state index contributed by atoms with van der Waals surface area (Å²) in [6.45, 7) is 6.88. The molecular formula is C20H27F3N6O3S. The molecule has 0 aromatic carbocycles. The Bertz CT molecular complexity index is 1120. The minimum absolute atomic E-state index is 0.00250. The summed E-state index contributed by atoms with van der Waals surface area (Å²) in [6.07, 6.45) is -1.72. The molecule has 3 rings (SSSR count). The molecule has 33 heavy (non-hydrogen) atoms. The Morgan fingerprint density at radius 1 is 1.24 bits per heavy atom. The van der Waals surface area contributed by atoms with Gasteiger partial charge >= 0.3 is 6.18 Å². The number of aryl methyl sites for hydroxylation is 1. The Kier molecular flexibility index (Phi) is 6.87. The van der Waals surface area contributed by atoms with Gasteiger partial charge in [0.15, 0.2) is 5.03 Å². The van der Waals surface area contributed by atoms with Crippen LogP contribution in [0.1, 0.15) is 44.7 Å². The van der Waals surface area contributed by atoms with Crippen molar-refractivity contribution in [1.82, 2.24) is 19.7 Å². The molecule has 0 radical (unpaired) electrons. The standard InChI is InChI=1S/C20H27F3N6O3S/c1-12(2)28-33(31,32)16-8-13(3)15(10-24-16)26-18-25-9-14(20(21,22)23)17(27-18)29-7-5-6-19(4,30)11-29/h8-10,12,28,30H,5-7,11H2,1-4H3,(H,25,26,27)/t19-/m0/s1. The summed E-state index contributed by atoms with van der Waals surface area (Å²) in [6, 6.07) is 1.03. The van der Waals surface area contributed by atoms with E-state index in [9.17, 15) is 26.7 Å². The van der Waals surface area contributed by atoms with Crippen molar-refractivity contribution in [2.75, 3.05) is 23.3 Å². The van der Waals surface area contributed by atoms with Crippen LogP contribution < -0.4 is 14.9 Å². The second kappa shape index (κ2) is 9.03. The van der Waals surface area contributed by atoms with Gasteiger partial charge < -0.3 is 15.3 Å². The summed E-state index contributed by atoms with van der Waals surface area (Å²) in [5.41, 5.74) is -1.30. The van der Waals surface area contributed by atoms with E-state index in [-0.39, 0.29) is 29.4 Å². The van der Waals surface area contributed by atoms with Gasteiger partial charge in [0.25, 0.3) is 10.0 Å². The van der Waals surface area contributed by atoms with Crippen LogP contribution in [0.25, 0.3) is 0 Å². The molecule has 2 aromatic rings. The van der Waals surface area contributed by atoms with E-state index in [0.29, 0.717) is 36.8 Å². The van der Waals surface area contributed by atoms with Gasteiger partial charge in [-0.15, -0.1) is 0 Å². The summed E-state index contributed by atoms with van der Waals surface area (Å²) in [5.74, 6) is -0.435. The van der Waals surface area contributed by atoms with Gasteiger partial charge in [-0.2, -0.15) is 18.2 Å². The van der Waals surface area contributed by atoms with Crippen LogP contribution in [0.2, 0.25) is 0 Å². The molecular weight excluding hydrogens is 461 g/mol. The fraction of sp³-hybridized carbons (Fsp3) is 0.550. The van der Waals surface area contributed by atoms with Crippen molar-refractivity contribution < 1.29 is 26.7 Å². The third-order valence-electron chi connectivity index (χ3n) is 5.05. The predicted molar refractivity (Wildman–Crippen MR) is 117 cm³/mol. The lowest BCUT2D eigenvalue weighted by Crippen LogP contribution is -2.47. The van der Waals surface area contributed by atoms with Crippen molar-refractivity contribution in [3.63, 3.8) is 0 Å². The van der Waals surface area contributed by atoms with Gasteiger partial charge in [-0.05, 0) is 52.2 Å². The van der Waals surface area contributed by atoms with Gasteiger partial charge in [0.1, 0.15) is 11.4 Å². The number of nitrogens with zero attached hydrogens (tertiary/aromatic N) is 4. The first-order valence-electron chi connectivity index (χ1n) is 10.4. The lowest BCUT2D eigenvalue weighted by Gasteiger charge is -2.38. The summed E-state index contributed by atoms with van der Waals surface area (Å²) in [4.78, 5) is 13.2. The maximum atomic E-state index is 13.6. The maximum Gasteiger partial charge on any atom is 0.421 e. The first-order chi connectivity index (χ1) is 15.2. The molecule has 1 aliphatic heterocycles.